The van der Waals surface area contributed by atoms with Crippen molar-refractivity contribution >= 4 is 23.8 Å². The predicted octanol–water partition coefficient (Wildman–Crippen LogP) is 1.99. The molecule has 0 spiro atoms. The first-order chi connectivity index (χ1) is 10.3. The minimum atomic E-state index is -0.590. The van der Waals surface area contributed by atoms with Gasteiger partial charge in [-0.05, 0) is 17.2 Å². The van der Waals surface area contributed by atoms with E-state index in [1.807, 2.05) is 19.3 Å². The largest absolute Gasteiger partial charge is 0.467 e. The topological polar surface area (TPSA) is 70.7 Å². The number of likely N-dealkylation sites (N-methyl/N-ethyl adjacent to an activating group) is 1. The molecule has 0 aromatic heterocycles. The van der Waals surface area contributed by atoms with E-state index in [1.165, 1.54) is 12.0 Å². The summed E-state index contributed by atoms with van der Waals surface area (Å²) < 4.78 is 4.78. The Kier molecular flexibility index (Phi) is 7.06. The SMILES string of the molecule is COC(=O)[C@H](C(C)C)N(C)C(=O)NCC1=CSC(C(C)C)N1. The van der Waals surface area contributed by atoms with E-state index in [4.69, 9.17) is 4.74 Å². The van der Waals surface area contributed by atoms with Crippen molar-refractivity contribution in [2.45, 2.75) is 39.1 Å². The summed E-state index contributed by atoms with van der Waals surface area (Å²) in [5.41, 5.74) is 0.990. The minimum Gasteiger partial charge on any atom is -0.467 e. The standard InChI is InChI=1S/C15H27N3O3S/c1-9(2)12(14(19)21-6)18(5)15(20)16-7-11-8-22-13(17-11)10(3)4/h8-10,12-13,17H,7H2,1-6H3,(H,16,20)/t12-,13?/m0/s1. The summed E-state index contributed by atoms with van der Waals surface area (Å²) in [6, 6.07) is -0.877. The Balaban J connectivity index is 2.52. The van der Waals surface area contributed by atoms with Crippen LogP contribution in [-0.4, -0.2) is 49.0 Å². The van der Waals surface area contributed by atoms with Crippen molar-refractivity contribution in [2.75, 3.05) is 20.7 Å². The molecule has 0 saturated carbocycles. The zero-order valence-electron chi connectivity index (χ0n) is 14.2. The van der Waals surface area contributed by atoms with Crippen LogP contribution in [0.2, 0.25) is 0 Å². The lowest BCUT2D eigenvalue weighted by Crippen LogP contribution is -2.50. The molecule has 1 aliphatic heterocycles. The van der Waals surface area contributed by atoms with Gasteiger partial charge < -0.3 is 20.3 Å². The zero-order chi connectivity index (χ0) is 16.9. The maximum Gasteiger partial charge on any atom is 0.328 e. The van der Waals surface area contributed by atoms with Crippen LogP contribution in [0, 0.1) is 11.8 Å². The van der Waals surface area contributed by atoms with Crippen LogP contribution in [0.3, 0.4) is 0 Å². The van der Waals surface area contributed by atoms with Crippen LogP contribution < -0.4 is 10.6 Å². The summed E-state index contributed by atoms with van der Waals surface area (Å²) in [4.78, 5) is 25.4. The molecule has 2 N–H and O–H groups in total. The van der Waals surface area contributed by atoms with Gasteiger partial charge in [0.25, 0.3) is 0 Å². The Morgan fingerprint density at radius 3 is 2.50 bits per heavy atom. The molecule has 0 radical (unpaired) electrons. The van der Waals surface area contributed by atoms with E-state index >= 15 is 0 Å². The number of carbonyl (C=O) groups is 2. The third-order valence-electron chi connectivity index (χ3n) is 3.53. The molecule has 0 bridgehead atoms. The molecule has 0 fully saturated rings. The predicted molar refractivity (Wildman–Crippen MR) is 89.2 cm³/mol. The third-order valence-corrected chi connectivity index (χ3v) is 4.91. The molecule has 1 heterocycles. The van der Waals surface area contributed by atoms with Gasteiger partial charge in [0, 0.05) is 12.7 Å². The normalized spacial score (nSPS) is 18.7. The highest BCUT2D eigenvalue weighted by Crippen LogP contribution is 2.25. The molecule has 0 aromatic rings. The first-order valence-corrected chi connectivity index (χ1v) is 8.41. The zero-order valence-corrected chi connectivity index (χ0v) is 15.0. The second-order valence-electron chi connectivity index (χ2n) is 6.07. The number of carbonyl (C=O) groups excluding carboxylic acids is 2. The molecule has 7 heteroatoms. The lowest BCUT2D eigenvalue weighted by molar-refractivity contribution is -0.147. The number of methoxy groups -OCH3 is 1. The molecule has 1 rings (SSSR count). The Morgan fingerprint density at radius 2 is 2.05 bits per heavy atom. The molecule has 1 unspecified atom stereocenters. The monoisotopic (exact) mass is 329 g/mol. The second kappa shape index (κ2) is 8.31. The second-order valence-corrected chi connectivity index (χ2v) is 7.09. The quantitative estimate of drug-likeness (QED) is 0.729. The molecule has 0 saturated heterocycles. The van der Waals surface area contributed by atoms with Crippen molar-refractivity contribution in [3.63, 3.8) is 0 Å². The number of ether oxygens (including phenoxy) is 1. The molecular weight excluding hydrogens is 302 g/mol. The number of hydrogen-bond acceptors (Lipinski definition) is 5. The van der Waals surface area contributed by atoms with Gasteiger partial charge in [0.15, 0.2) is 0 Å². The van der Waals surface area contributed by atoms with E-state index in [2.05, 4.69) is 24.5 Å². The summed E-state index contributed by atoms with van der Waals surface area (Å²) in [7, 11) is 2.94. The highest BCUT2D eigenvalue weighted by atomic mass is 32.2. The minimum absolute atomic E-state index is 0.0205. The van der Waals surface area contributed by atoms with E-state index < -0.39 is 12.0 Å². The van der Waals surface area contributed by atoms with Crippen LogP contribution in [0.4, 0.5) is 4.79 Å². The summed E-state index contributed by atoms with van der Waals surface area (Å²) in [6.45, 7) is 8.49. The maximum atomic E-state index is 12.2. The fraction of sp³-hybridized carbons (Fsp3) is 0.733. The number of amides is 2. The summed E-state index contributed by atoms with van der Waals surface area (Å²) in [5.74, 6) is 0.0935. The molecule has 22 heavy (non-hydrogen) atoms. The number of esters is 1. The van der Waals surface area contributed by atoms with E-state index in [1.54, 1.807) is 18.8 Å². The van der Waals surface area contributed by atoms with Crippen molar-refractivity contribution in [1.29, 1.82) is 0 Å². The van der Waals surface area contributed by atoms with Crippen LogP contribution in [-0.2, 0) is 9.53 Å². The fourth-order valence-electron chi connectivity index (χ4n) is 2.24. The molecule has 126 valence electrons. The average molecular weight is 329 g/mol. The fourth-order valence-corrected chi connectivity index (χ4v) is 3.24. The molecular formula is C15H27N3O3S. The van der Waals surface area contributed by atoms with E-state index in [9.17, 15) is 9.59 Å². The number of hydrogen-bond donors (Lipinski definition) is 2. The molecule has 2 amide bonds. The summed E-state index contributed by atoms with van der Waals surface area (Å²) >= 11 is 1.73. The maximum absolute atomic E-state index is 12.2. The van der Waals surface area contributed by atoms with Crippen molar-refractivity contribution in [1.82, 2.24) is 15.5 Å². The first-order valence-electron chi connectivity index (χ1n) is 7.47. The van der Waals surface area contributed by atoms with Gasteiger partial charge in [-0.25, -0.2) is 9.59 Å². The van der Waals surface area contributed by atoms with E-state index in [0.29, 0.717) is 17.8 Å². The van der Waals surface area contributed by atoms with Gasteiger partial charge in [-0.2, -0.15) is 0 Å². The van der Waals surface area contributed by atoms with Crippen LogP contribution >= 0.6 is 11.8 Å². The number of nitrogens with zero attached hydrogens (tertiary/aromatic N) is 1. The van der Waals surface area contributed by atoms with Gasteiger partial charge >= 0.3 is 12.0 Å². The summed E-state index contributed by atoms with van der Waals surface area (Å²) in [5, 5.41) is 8.59. The van der Waals surface area contributed by atoms with Gasteiger partial charge in [0.05, 0.1) is 19.0 Å². The number of rotatable bonds is 6. The lowest BCUT2D eigenvalue weighted by Gasteiger charge is -2.29. The van der Waals surface area contributed by atoms with Gasteiger partial charge in [-0.1, -0.05) is 27.7 Å². The smallest absolute Gasteiger partial charge is 0.328 e. The Bertz CT molecular complexity index is 438. The van der Waals surface area contributed by atoms with Crippen molar-refractivity contribution in [3.8, 4) is 0 Å². The van der Waals surface area contributed by atoms with Crippen molar-refractivity contribution < 1.29 is 14.3 Å². The van der Waals surface area contributed by atoms with Gasteiger partial charge in [0.1, 0.15) is 6.04 Å². The van der Waals surface area contributed by atoms with Gasteiger partial charge in [0.2, 0.25) is 0 Å². The Hall–Kier alpha value is -1.37. The summed E-state index contributed by atoms with van der Waals surface area (Å²) in [6.07, 6.45) is 0. The molecule has 2 atom stereocenters. The van der Waals surface area contributed by atoms with Gasteiger partial charge in [-0.15, -0.1) is 11.8 Å². The highest BCUT2D eigenvalue weighted by Gasteiger charge is 2.30. The van der Waals surface area contributed by atoms with Crippen LogP contribution in [0.15, 0.2) is 11.1 Å². The first kappa shape index (κ1) is 18.7. The highest BCUT2D eigenvalue weighted by molar-refractivity contribution is 8.02. The average Bonchev–Trinajstić information content (AvgIpc) is 2.93. The Morgan fingerprint density at radius 1 is 1.41 bits per heavy atom. The van der Waals surface area contributed by atoms with Gasteiger partial charge in [-0.3, -0.25) is 0 Å². The third kappa shape index (κ3) is 4.83. The van der Waals surface area contributed by atoms with Crippen molar-refractivity contribution in [3.05, 3.63) is 11.1 Å². The molecule has 1 aliphatic rings. The molecule has 0 aliphatic carbocycles. The van der Waals surface area contributed by atoms with E-state index in [-0.39, 0.29) is 11.9 Å². The number of urea groups is 1. The number of thioether (sulfide) groups is 1. The number of nitrogens with one attached hydrogen (secondary N) is 2. The van der Waals surface area contributed by atoms with Crippen LogP contribution in [0.25, 0.3) is 0 Å². The molecule has 0 aromatic carbocycles. The lowest BCUT2D eigenvalue weighted by atomic mass is 10.0. The van der Waals surface area contributed by atoms with Crippen LogP contribution in [0.1, 0.15) is 27.7 Å². The molecule has 6 nitrogen and oxygen atoms in total. The van der Waals surface area contributed by atoms with E-state index in [0.717, 1.165) is 5.70 Å². The van der Waals surface area contributed by atoms with Crippen molar-refractivity contribution in [2.24, 2.45) is 11.8 Å². The van der Waals surface area contributed by atoms with Crippen LogP contribution in [0.5, 0.6) is 0 Å². The Labute approximate surface area is 137 Å².